The predicted octanol–water partition coefficient (Wildman–Crippen LogP) is 5.50. The van der Waals surface area contributed by atoms with Crippen LogP contribution in [0.15, 0.2) is 83.4 Å². The zero-order chi connectivity index (χ0) is 25.5. The second-order valence-corrected chi connectivity index (χ2v) is 10.9. The number of rotatable bonds is 7. The number of aliphatic hydroxyl groups is 1. The van der Waals surface area contributed by atoms with Crippen molar-refractivity contribution in [2.75, 3.05) is 19.6 Å². The van der Waals surface area contributed by atoms with Crippen molar-refractivity contribution in [2.24, 2.45) is 5.92 Å². The number of piperidine rings is 3. The van der Waals surface area contributed by atoms with E-state index in [-0.39, 0.29) is 11.9 Å². The number of aryl methyl sites for hydroxylation is 1. The Morgan fingerprint density at radius 3 is 2.27 bits per heavy atom. The smallest absolute Gasteiger partial charge is 0.282 e. The maximum atomic E-state index is 12.0. The summed E-state index contributed by atoms with van der Waals surface area (Å²) in [6, 6.07) is 24.9. The summed E-state index contributed by atoms with van der Waals surface area (Å²) in [5, 5.41) is 17.0. The summed E-state index contributed by atoms with van der Waals surface area (Å²) in [5.74, 6) is 2.16. The minimum Gasteiger partial charge on any atom is -0.484 e. The van der Waals surface area contributed by atoms with Gasteiger partial charge in [-0.1, -0.05) is 83.5 Å². The van der Waals surface area contributed by atoms with Gasteiger partial charge in [-0.3, -0.25) is 0 Å². The molecule has 3 fully saturated rings. The lowest BCUT2D eigenvalue weighted by Crippen LogP contribution is -2.64. The highest BCUT2D eigenvalue weighted by molar-refractivity contribution is 6.31. The van der Waals surface area contributed by atoms with E-state index in [0.29, 0.717) is 29.5 Å². The third kappa shape index (κ3) is 4.54. The van der Waals surface area contributed by atoms with Gasteiger partial charge in [0.05, 0.1) is 13.1 Å². The molecule has 3 aliphatic heterocycles. The topological polar surface area (TPSA) is 68.4 Å². The van der Waals surface area contributed by atoms with Gasteiger partial charge in [0, 0.05) is 23.8 Å². The summed E-state index contributed by atoms with van der Waals surface area (Å²) >= 11 is 6.34. The van der Waals surface area contributed by atoms with E-state index in [1.807, 2.05) is 85.8 Å². The van der Waals surface area contributed by atoms with Crippen molar-refractivity contribution >= 4 is 11.6 Å². The minimum absolute atomic E-state index is 0.120. The lowest BCUT2D eigenvalue weighted by atomic mass is 9.83. The van der Waals surface area contributed by atoms with Crippen molar-refractivity contribution in [3.05, 3.63) is 112 Å². The normalized spacial score (nSPS) is 23.2. The third-order valence-electron chi connectivity index (χ3n) is 8.12. The van der Waals surface area contributed by atoms with Gasteiger partial charge in [0.25, 0.3) is 5.89 Å². The Balaban J connectivity index is 1.25. The second-order valence-electron chi connectivity index (χ2n) is 10.5. The average Bonchev–Trinajstić information content (AvgIpc) is 3.40. The fourth-order valence-electron chi connectivity index (χ4n) is 5.94. The molecule has 7 heteroatoms. The molecule has 4 heterocycles. The summed E-state index contributed by atoms with van der Waals surface area (Å²) in [6.45, 7) is 5.61. The highest BCUT2D eigenvalue weighted by Gasteiger charge is 2.48. The van der Waals surface area contributed by atoms with Crippen molar-refractivity contribution in [2.45, 2.75) is 38.0 Å². The van der Waals surface area contributed by atoms with E-state index in [2.05, 4.69) is 5.16 Å². The van der Waals surface area contributed by atoms with Crippen LogP contribution in [0.3, 0.4) is 0 Å². The minimum atomic E-state index is -1.50. The van der Waals surface area contributed by atoms with Gasteiger partial charge in [-0.25, -0.2) is 0 Å². The number of quaternary nitrogens is 1. The molecule has 190 valence electrons. The molecule has 4 aromatic rings. The summed E-state index contributed by atoms with van der Waals surface area (Å²) in [5.41, 5.74) is 0.939. The van der Waals surface area contributed by atoms with Gasteiger partial charge in [-0.15, -0.1) is 0 Å². The van der Waals surface area contributed by atoms with E-state index in [0.717, 1.165) is 53.3 Å². The zero-order valence-corrected chi connectivity index (χ0v) is 21.6. The van der Waals surface area contributed by atoms with Crippen molar-refractivity contribution in [1.82, 2.24) is 10.1 Å². The first-order valence-electron chi connectivity index (χ1n) is 12.9. The van der Waals surface area contributed by atoms with Gasteiger partial charge < -0.3 is 18.8 Å². The lowest BCUT2D eigenvalue weighted by Gasteiger charge is -2.51. The molecule has 2 bridgehead atoms. The molecule has 1 atom stereocenters. The Morgan fingerprint density at radius 1 is 1.00 bits per heavy atom. The lowest BCUT2D eigenvalue weighted by molar-refractivity contribution is -0.959. The molecule has 37 heavy (non-hydrogen) atoms. The molecule has 7 rings (SSSR count). The first-order chi connectivity index (χ1) is 18.0. The molecule has 0 saturated carbocycles. The molecular formula is C30H31ClN3O3+. The highest BCUT2D eigenvalue weighted by atomic mass is 35.5. The Labute approximate surface area is 222 Å². The van der Waals surface area contributed by atoms with E-state index in [4.69, 9.17) is 25.8 Å². The monoisotopic (exact) mass is 516 g/mol. The molecule has 3 aliphatic rings. The molecule has 3 saturated heterocycles. The first-order valence-corrected chi connectivity index (χ1v) is 13.3. The van der Waals surface area contributed by atoms with Crippen LogP contribution in [0.4, 0.5) is 0 Å². The van der Waals surface area contributed by atoms with Crippen LogP contribution < -0.4 is 4.74 Å². The molecule has 1 N–H and O–H groups in total. The van der Waals surface area contributed by atoms with Crippen LogP contribution >= 0.6 is 11.6 Å². The number of benzene rings is 3. The SMILES string of the molecule is Cc1ccc(OC2C[N+]3(Cc4nc(C(O)(c5ccccc5)c5ccccc5)no4)CCC2CC3)cc1Cl. The van der Waals surface area contributed by atoms with Gasteiger partial charge in [0.2, 0.25) is 5.82 Å². The van der Waals surface area contributed by atoms with Crippen LogP contribution in [0.2, 0.25) is 5.02 Å². The number of halogens is 1. The number of aromatic nitrogens is 2. The number of hydrogen-bond donors (Lipinski definition) is 1. The highest BCUT2D eigenvalue weighted by Crippen LogP contribution is 2.39. The summed E-state index contributed by atoms with van der Waals surface area (Å²) < 4.78 is 13.1. The van der Waals surface area contributed by atoms with E-state index >= 15 is 0 Å². The van der Waals surface area contributed by atoms with Gasteiger partial charge in [0.1, 0.15) is 12.3 Å². The molecule has 1 aromatic heterocycles. The van der Waals surface area contributed by atoms with E-state index in [1.54, 1.807) is 0 Å². The summed E-state index contributed by atoms with van der Waals surface area (Å²) in [6.07, 6.45) is 2.32. The Bertz CT molecular complexity index is 1330. The van der Waals surface area contributed by atoms with Crippen molar-refractivity contribution in [1.29, 1.82) is 0 Å². The average molecular weight is 517 g/mol. The fraction of sp³-hybridized carbons (Fsp3) is 0.333. The quantitative estimate of drug-likeness (QED) is 0.328. The van der Waals surface area contributed by atoms with Crippen LogP contribution in [0, 0.1) is 12.8 Å². The van der Waals surface area contributed by atoms with E-state index in [1.165, 1.54) is 0 Å². The standard InChI is InChI=1S/C30H31ClN3O3/c1-21-12-13-25(18-26(21)31)36-27-19-34(16-14-22(27)15-17-34)20-28-32-29(33-37-28)30(35,23-8-4-2-5-9-23)24-10-6-3-7-11-24/h2-13,18,22,27,35H,14-17,19-20H2,1H3/q+1. The summed E-state index contributed by atoms with van der Waals surface area (Å²) in [4.78, 5) is 4.77. The predicted molar refractivity (Wildman–Crippen MR) is 141 cm³/mol. The van der Waals surface area contributed by atoms with E-state index in [9.17, 15) is 5.11 Å². The first kappa shape index (κ1) is 24.2. The fourth-order valence-corrected chi connectivity index (χ4v) is 6.11. The second kappa shape index (κ2) is 9.60. The van der Waals surface area contributed by atoms with Crippen LogP contribution in [0.1, 0.15) is 41.2 Å². The van der Waals surface area contributed by atoms with Gasteiger partial charge in [-0.2, -0.15) is 4.98 Å². The van der Waals surface area contributed by atoms with Crippen LogP contribution in [-0.2, 0) is 12.1 Å². The Kier molecular flexibility index (Phi) is 6.27. The van der Waals surface area contributed by atoms with Gasteiger partial charge in [-0.05, 0) is 35.7 Å². The molecule has 3 aromatic carbocycles. The molecule has 0 amide bonds. The van der Waals surface area contributed by atoms with E-state index < -0.39 is 5.60 Å². The Morgan fingerprint density at radius 2 is 1.65 bits per heavy atom. The molecule has 1 unspecified atom stereocenters. The molecule has 0 radical (unpaired) electrons. The third-order valence-corrected chi connectivity index (χ3v) is 8.52. The zero-order valence-electron chi connectivity index (χ0n) is 20.9. The molecule has 0 spiro atoms. The maximum Gasteiger partial charge on any atom is 0.282 e. The van der Waals surface area contributed by atoms with Gasteiger partial charge >= 0.3 is 0 Å². The molecule has 0 aliphatic carbocycles. The number of hydrogen-bond acceptors (Lipinski definition) is 5. The largest absolute Gasteiger partial charge is 0.484 e. The number of ether oxygens (including phenoxy) is 1. The van der Waals surface area contributed by atoms with Crippen LogP contribution in [-0.4, -0.2) is 45.5 Å². The van der Waals surface area contributed by atoms with Gasteiger partial charge in [0.15, 0.2) is 18.2 Å². The van der Waals surface area contributed by atoms with Crippen molar-refractivity contribution < 1.29 is 18.8 Å². The number of fused-ring (bicyclic) bond motifs is 3. The molecular weight excluding hydrogens is 486 g/mol. The Hall–Kier alpha value is -3.19. The maximum absolute atomic E-state index is 12.0. The van der Waals surface area contributed by atoms with Crippen LogP contribution in [0.25, 0.3) is 0 Å². The van der Waals surface area contributed by atoms with Crippen LogP contribution in [0.5, 0.6) is 5.75 Å². The van der Waals surface area contributed by atoms with Crippen molar-refractivity contribution in [3.8, 4) is 5.75 Å². The summed E-state index contributed by atoms with van der Waals surface area (Å²) in [7, 11) is 0. The van der Waals surface area contributed by atoms with Crippen molar-refractivity contribution in [3.63, 3.8) is 0 Å². The number of nitrogens with zero attached hydrogens (tertiary/aromatic N) is 3. The molecule has 6 nitrogen and oxygen atoms in total.